The maximum absolute atomic E-state index is 12.6. The van der Waals surface area contributed by atoms with Gasteiger partial charge < -0.3 is 19.5 Å². The average molecular weight is 474 g/mol. The monoisotopic (exact) mass is 472 g/mol. The minimum atomic E-state index is -0.409. The van der Waals surface area contributed by atoms with Gasteiger partial charge in [0.2, 0.25) is 0 Å². The molecule has 0 spiro atoms. The molecular formula is C18H18BrClN2O4S. The molecule has 6 nitrogen and oxygen atoms in total. The number of ether oxygens (including phenoxy) is 3. The van der Waals surface area contributed by atoms with Crippen LogP contribution in [-0.4, -0.2) is 32.3 Å². The summed E-state index contributed by atoms with van der Waals surface area (Å²) >= 11 is 14.7. The third-order valence-corrected chi connectivity index (χ3v) is 4.59. The third-order valence-electron chi connectivity index (χ3n) is 3.64. The van der Waals surface area contributed by atoms with Gasteiger partial charge in [-0.3, -0.25) is 10.1 Å². The number of hydrogen-bond acceptors (Lipinski definition) is 5. The van der Waals surface area contributed by atoms with Crippen molar-refractivity contribution in [2.24, 2.45) is 0 Å². The molecule has 0 bridgehead atoms. The van der Waals surface area contributed by atoms with E-state index < -0.39 is 5.91 Å². The fourth-order valence-corrected chi connectivity index (χ4v) is 3.46. The van der Waals surface area contributed by atoms with Crippen LogP contribution in [0.5, 0.6) is 17.2 Å². The van der Waals surface area contributed by atoms with E-state index >= 15 is 0 Å². The Morgan fingerprint density at radius 3 is 2.33 bits per heavy atom. The molecule has 0 radical (unpaired) electrons. The Bertz CT molecular complexity index is 892. The number of aryl methyl sites for hydroxylation is 1. The molecule has 9 heteroatoms. The van der Waals surface area contributed by atoms with E-state index in [4.69, 9.17) is 38.0 Å². The fourth-order valence-electron chi connectivity index (χ4n) is 2.45. The third kappa shape index (κ3) is 5.03. The summed E-state index contributed by atoms with van der Waals surface area (Å²) < 4.78 is 16.6. The zero-order chi connectivity index (χ0) is 20.1. The maximum Gasteiger partial charge on any atom is 0.261 e. The van der Waals surface area contributed by atoms with Gasteiger partial charge in [0.05, 0.1) is 37.6 Å². The molecule has 0 saturated heterocycles. The first-order chi connectivity index (χ1) is 12.8. The lowest BCUT2D eigenvalue weighted by Gasteiger charge is -2.16. The lowest BCUT2D eigenvalue weighted by Crippen LogP contribution is -2.34. The van der Waals surface area contributed by atoms with Crippen molar-refractivity contribution in [1.82, 2.24) is 5.32 Å². The van der Waals surface area contributed by atoms with Gasteiger partial charge in [0.25, 0.3) is 5.91 Å². The molecule has 0 aliphatic rings. The predicted octanol–water partition coefficient (Wildman–Crippen LogP) is 4.56. The number of carbonyl (C=O) groups excluding carboxylic acids is 1. The summed E-state index contributed by atoms with van der Waals surface area (Å²) in [4.78, 5) is 12.6. The van der Waals surface area contributed by atoms with Crippen molar-refractivity contribution in [2.45, 2.75) is 6.92 Å². The summed E-state index contributed by atoms with van der Waals surface area (Å²) in [6, 6.07) is 6.74. The molecule has 144 valence electrons. The standard InChI is InChI=1S/C18H18BrClN2O4S/c1-9-5-10(19)6-11(16(9)26-4)17(23)22-18(27)21-13-8-14(24-2)12(20)7-15(13)25-3/h5-8H,1-4H3,(H2,21,22,23,27). The number of amides is 1. The first-order valence-corrected chi connectivity index (χ1v) is 9.26. The van der Waals surface area contributed by atoms with Gasteiger partial charge in [0.15, 0.2) is 5.11 Å². The van der Waals surface area contributed by atoms with Crippen LogP contribution in [0.4, 0.5) is 5.69 Å². The van der Waals surface area contributed by atoms with Crippen LogP contribution < -0.4 is 24.8 Å². The van der Waals surface area contributed by atoms with Gasteiger partial charge in [-0.15, -0.1) is 0 Å². The number of rotatable bonds is 5. The Balaban J connectivity index is 2.23. The molecule has 2 aromatic rings. The highest BCUT2D eigenvalue weighted by Crippen LogP contribution is 2.36. The second-order valence-electron chi connectivity index (χ2n) is 5.40. The number of hydrogen-bond donors (Lipinski definition) is 2. The van der Waals surface area contributed by atoms with Crippen molar-refractivity contribution in [3.05, 3.63) is 44.9 Å². The minimum absolute atomic E-state index is 0.0855. The maximum atomic E-state index is 12.6. The van der Waals surface area contributed by atoms with Crippen molar-refractivity contribution in [1.29, 1.82) is 0 Å². The SMILES string of the molecule is COc1cc(NC(=S)NC(=O)c2cc(Br)cc(C)c2OC)c(OC)cc1Cl. The van der Waals surface area contributed by atoms with Crippen LogP contribution in [0.3, 0.4) is 0 Å². The van der Waals surface area contributed by atoms with Gasteiger partial charge in [0, 0.05) is 16.6 Å². The van der Waals surface area contributed by atoms with Crippen LogP contribution >= 0.6 is 39.7 Å². The van der Waals surface area contributed by atoms with E-state index in [-0.39, 0.29) is 5.11 Å². The molecule has 2 rings (SSSR count). The largest absolute Gasteiger partial charge is 0.496 e. The van der Waals surface area contributed by atoms with E-state index in [1.165, 1.54) is 21.3 Å². The highest BCUT2D eigenvalue weighted by Gasteiger charge is 2.18. The fraction of sp³-hybridized carbons (Fsp3) is 0.222. The first-order valence-electron chi connectivity index (χ1n) is 7.68. The molecule has 1 amide bonds. The van der Waals surface area contributed by atoms with Gasteiger partial charge in [-0.25, -0.2) is 0 Å². The van der Waals surface area contributed by atoms with Crippen molar-refractivity contribution in [3.63, 3.8) is 0 Å². The van der Waals surface area contributed by atoms with Gasteiger partial charge in [-0.2, -0.15) is 0 Å². The summed E-state index contributed by atoms with van der Waals surface area (Å²) in [6.07, 6.45) is 0. The van der Waals surface area contributed by atoms with Crippen molar-refractivity contribution >= 4 is 56.5 Å². The molecule has 0 atom stereocenters. The second kappa shape index (κ2) is 9.25. The normalized spacial score (nSPS) is 10.1. The number of nitrogens with one attached hydrogen (secondary N) is 2. The van der Waals surface area contributed by atoms with Crippen molar-refractivity contribution in [2.75, 3.05) is 26.6 Å². The second-order valence-corrected chi connectivity index (χ2v) is 7.13. The predicted molar refractivity (Wildman–Crippen MR) is 114 cm³/mol. The van der Waals surface area contributed by atoms with E-state index in [9.17, 15) is 4.79 Å². The highest BCUT2D eigenvalue weighted by molar-refractivity contribution is 9.10. The van der Waals surface area contributed by atoms with Crippen LogP contribution in [0.1, 0.15) is 15.9 Å². The zero-order valence-electron chi connectivity index (χ0n) is 15.1. The van der Waals surface area contributed by atoms with Crippen LogP contribution in [0.25, 0.3) is 0 Å². The molecule has 0 aliphatic carbocycles. The molecule has 2 aromatic carbocycles. The topological polar surface area (TPSA) is 68.8 Å². The van der Waals surface area contributed by atoms with Crippen LogP contribution in [0, 0.1) is 6.92 Å². The molecule has 0 heterocycles. The number of methoxy groups -OCH3 is 3. The van der Waals surface area contributed by atoms with Crippen LogP contribution in [0.15, 0.2) is 28.7 Å². The van der Waals surface area contributed by atoms with Crippen LogP contribution in [-0.2, 0) is 0 Å². The summed E-state index contributed by atoms with van der Waals surface area (Å²) in [5.74, 6) is 0.963. The number of benzene rings is 2. The molecule has 0 saturated carbocycles. The average Bonchev–Trinajstić information content (AvgIpc) is 2.62. The number of thiocarbonyl (C=S) groups is 1. The van der Waals surface area contributed by atoms with E-state index in [0.717, 1.165) is 10.0 Å². The molecule has 2 N–H and O–H groups in total. The van der Waals surface area contributed by atoms with E-state index in [0.29, 0.717) is 33.5 Å². The Labute approximate surface area is 176 Å². The smallest absolute Gasteiger partial charge is 0.261 e. The van der Waals surface area contributed by atoms with Gasteiger partial charge in [-0.1, -0.05) is 27.5 Å². The van der Waals surface area contributed by atoms with Gasteiger partial charge >= 0.3 is 0 Å². The first kappa shape index (κ1) is 21.3. The summed E-state index contributed by atoms with van der Waals surface area (Å²) in [7, 11) is 4.51. The van der Waals surface area contributed by atoms with E-state index in [1.54, 1.807) is 18.2 Å². The molecule has 0 fully saturated rings. The van der Waals surface area contributed by atoms with Gasteiger partial charge in [-0.05, 0) is 36.8 Å². The summed E-state index contributed by atoms with van der Waals surface area (Å²) in [5, 5.41) is 6.02. The summed E-state index contributed by atoms with van der Waals surface area (Å²) in [5.41, 5.74) is 1.68. The molecule has 0 aliphatic heterocycles. The Kier molecular flexibility index (Phi) is 7.29. The lowest BCUT2D eigenvalue weighted by molar-refractivity contribution is 0.0974. The Hall–Kier alpha value is -2.03. The molecule has 0 aromatic heterocycles. The molecule has 0 unspecified atom stereocenters. The number of anilines is 1. The Morgan fingerprint density at radius 2 is 1.74 bits per heavy atom. The number of carbonyl (C=O) groups is 1. The van der Waals surface area contributed by atoms with Crippen molar-refractivity contribution < 1.29 is 19.0 Å². The number of halogens is 2. The van der Waals surface area contributed by atoms with Crippen molar-refractivity contribution in [3.8, 4) is 17.2 Å². The van der Waals surface area contributed by atoms with Gasteiger partial charge in [0.1, 0.15) is 17.2 Å². The quantitative estimate of drug-likeness (QED) is 0.620. The molecule has 27 heavy (non-hydrogen) atoms. The lowest BCUT2D eigenvalue weighted by atomic mass is 10.1. The Morgan fingerprint density at radius 1 is 1.07 bits per heavy atom. The minimum Gasteiger partial charge on any atom is -0.496 e. The van der Waals surface area contributed by atoms with E-state index in [1.807, 2.05) is 13.0 Å². The highest BCUT2D eigenvalue weighted by atomic mass is 79.9. The summed E-state index contributed by atoms with van der Waals surface area (Å²) in [6.45, 7) is 1.85. The molecular weight excluding hydrogens is 456 g/mol. The zero-order valence-corrected chi connectivity index (χ0v) is 18.3. The van der Waals surface area contributed by atoms with E-state index in [2.05, 4.69) is 26.6 Å². The van der Waals surface area contributed by atoms with Crippen LogP contribution in [0.2, 0.25) is 5.02 Å².